The highest BCUT2D eigenvalue weighted by Gasteiger charge is 2.44. The molecular formula is C23H18F3N3O2S. The molecule has 1 saturated carbocycles. The first kappa shape index (κ1) is 20.7. The van der Waals surface area contributed by atoms with E-state index in [-0.39, 0.29) is 16.7 Å². The highest BCUT2D eigenvalue weighted by Crippen LogP contribution is 2.55. The molecule has 2 atom stereocenters. The summed E-state index contributed by atoms with van der Waals surface area (Å²) in [5.41, 5.74) is 1.94. The van der Waals surface area contributed by atoms with Crippen molar-refractivity contribution >= 4 is 21.1 Å². The summed E-state index contributed by atoms with van der Waals surface area (Å²) in [6.45, 7) is 0. The average molecular weight is 457 g/mol. The highest BCUT2D eigenvalue weighted by atomic mass is 32.2. The fraction of sp³-hybridized carbons (Fsp3) is 0.174. The maximum absolute atomic E-state index is 12.9. The zero-order valence-electron chi connectivity index (χ0n) is 16.6. The minimum absolute atomic E-state index is 0.00510. The Morgan fingerprint density at radius 3 is 2.25 bits per heavy atom. The van der Waals surface area contributed by atoms with Crippen LogP contribution in [0.15, 0.2) is 77.7 Å². The predicted molar refractivity (Wildman–Crippen MR) is 114 cm³/mol. The molecule has 0 unspecified atom stereocenters. The summed E-state index contributed by atoms with van der Waals surface area (Å²) in [5, 5.41) is 5.46. The molecule has 0 saturated heterocycles. The lowest BCUT2D eigenvalue weighted by Gasteiger charge is -2.13. The van der Waals surface area contributed by atoms with Crippen LogP contribution in [-0.4, -0.2) is 18.0 Å². The Hall–Kier alpha value is -3.17. The summed E-state index contributed by atoms with van der Waals surface area (Å²) in [6.07, 6.45) is -3.68. The van der Waals surface area contributed by atoms with Crippen molar-refractivity contribution in [3.8, 4) is 5.69 Å². The molecule has 5 rings (SSSR count). The van der Waals surface area contributed by atoms with E-state index in [0.29, 0.717) is 23.4 Å². The monoisotopic (exact) mass is 457 g/mol. The molecular weight excluding hydrogens is 439 g/mol. The van der Waals surface area contributed by atoms with E-state index in [0.717, 1.165) is 23.2 Å². The fourth-order valence-corrected chi connectivity index (χ4v) is 4.92. The van der Waals surface area contributed by atoms with E-state index < -0.39 is 21.8 Å². The molecule has 3 aromatic carbocycles. The van der Waals surface area contributed by atoms with Crippen LogP contribution >= 0.6 is 0 Å². The molecule has 0 bridgehead atoms. The zero-order valence-corrected chi connectivity index (χ0v) is 17.4. The van der Waals surface area contributed by atoms with Crippen molar-refractivity contribution in [3.63, 3.8) is 0 Å². The molecule has 0 spiro atoms. The molecule has 5 nitrogen and oxygen atoms in total. The number of halogens is 3. The first-order chi connectivity index (χ1) is 15.1. The number of aromatic nitrogens is 2. The molecule has 1 aliphatic rings. The van der Waals surface area contributed by atoms with Crippen molar-refractivity contribution in [3.05, 3.63) is 89.7 Å². The van der Waals surface area contributed by atoms with Crippen LogP contribution in [0, 0.1) is 0 Å². The molecule has 0 aliphatic heterocycles. The Kier molecular flexibility index (Phi) is 4.65. The minimum atomic E-state index is -4.38. The number of benzene rings is 3. The van der Waals surface area contributed by atoms with Crippen LogP contribution in [0.2, 0.25) is 0 Å². The quantitative estimate of drug-likeness (QED) is 0.470. The molecule has 1 fully saturated rings. The maximum Gasteiger partial charge on any atom is 0.416 e. The van der Waals surface area contributed by atoms with E-state index >= 15 is 0 Å². The van der Waals surface area contributed by atoms with Gasteiger partial charge in [-0.3, -0.25) is 4.57 Å². The van der Waals surface area contributed by atoms with Crippen molar-refractivity contribution in [2.75, 3.05) is 0 Å². The van der Waals surface area contributed by atoms with E-state index in [4.69, 9.17) is 10.1 Å². The Bertz CT molecular complexity index is 1430. The molecule has 32 heavy (non-hydrogen) atoms. The van der Waals surface area contributed by atoms with E-state index in [9.17, 15) is 21.6 Å². The number of nitrogens with two attached hydrogens (primary N) is 1. The lowest BCUT2D eigenvalue weighted by atomic mass is 10.1. The third-order valence-corrected chi connectivity index (χ3v) is 6.75. The molecule has 1 heterocycles. The molecule has 0 amide bonds. The number of alkyl halides is 3. The average Bonchev–Trinajstić information content (AvgIpc) is 3.45. The van der Waals surface area contributed by atoms with Crippen LogP contribution in [0.5, 0.6) is 0 Å². The van der Waals surface area contributed by atoms with Crippen LogP contribution in [0.25, 0.3) is 16.7 Å². The maximum atomic E-state index is 12.9. The lowest BCUT2D eigenvalue weighted by molar-refractivity contribution is -0.137. The van der Waals surface area contributed by atoms with Gasteiger partial charge in [0.25, 0.3) is 0 Å². The number of rotatable bonds is 4. The first-order valence-corrected chi connectivity index (χ1v) is 11.5. The summed E-state index contributed by atoms with van der Waals surface area (Å²) in [4.78, 5) is 4.74. The second-order valence-corrected chi connectivity index (χ2v) is 9.41. The molecule has 2 N–H and O–H groups in total. The lowest BCUT2D eigenvalue weighted by Crippen LogP contribution is -2.16. The SMILES string of the molecule is NS(=O)(=O)c1ccccc1-n1c([C@H]2C[C@H]2c2ccc(C(F)(F)F)cc2)nc2ccccc21. The van der Waals surface area contributed by atoms with Crippen molar-refractivity contribution in [1.29, 1.82) is 0 Å². The number of para-hydroxylation sites is 3. The van der Waals surface area contributed by atoms with Gasteiger partial charge in [0.2, 0.25) is 10.0 Å². The van der Waals surface area contributed by atoms with Gasteiger partial charge in [0.15, 0.2) is 0 Å². The number of fused-ring (bicyclic) bond motifs is 1. The normalized spacial score (nSPS) is 18.8. The van der Waals surface area contributed by atoms with Gasteiger partial charge in [-0.15, -0.1) is 0 Å². The minimum Gasteiger partial charge on any atom is -0.295 e. The topological polar surface area (TPSA) is 78.0 Å². The molecule has 9 heteroatoms. The predicted octanol–water partition coefficient (Wildman–Crippen LogP) is 4.96. The van der Waals surface area contributed by atoms with Crippen LogP contribution in [0.3, 0.4) is 0 Å². The number of nitrogens with zero attached hydrogens (tertiary/aromatic N) is 2. The number of primary sulfonamides is 1. The summed E-state index contributed by atoms with van der Waals surface area (Å²) in [7, 11) is -3.99. The van der Waals surface area contributed by atoms with Gasteiger partial charge in [-0.05, 0) is 54.3 Å². The second kappa shape index (κ2) is 7.18. The van der Waals surface area contributed by atoms with Crippen LogP contribution < -0.4 is 5.14 Å². The van der Waals surface area contributed by atoms with Crippen LogP contribution in [-0.2, 0) is 16.2 Å². The van der Waals surface area contributed by atoms with E-state index in [1.165, 1.54) is 18.2 Å². The summed E-state index contributed by atoms with van der Waals surface area (Å²) in [5.74, 6) is 0.592. The second-order valence-electron chi connectivity index (χ2n) is 7.88. The van der Waals surface area contributed by atoms with E-state index in [1.807, 2.05) is 24.3 Å². The molecule has 4 aromatic rings. The number of sulfonamides is 1. The van der Waals surface area contributed by atoms with Crippen molar-refractivity contribution in [1.82, 2.24) is 9.55 Å². The smallest absolute Gasteiger partial charge is 0.295 e. The van der Waals surface area contributed by atoms with Crippen LogP contribution in [0.1, 0.15) is 35.2 Å². The van der Waals surface area contributed by atoms with Gasteiger partial charge in [0.1, 0.15) is 10.7 Å². The Morgan fingerprint density at radius 2 is 1.56 bits per heavy atom. The third-order valence-electron chi connectivity index (χ3n) is 5.79. The fourth-order valence-electron chi connectivity index (χ4n) is 4.20. The van der Waals surface area contributed by atoms with Crippen molar-refractivity contribution in [2.24, 2.45) is 5.14 Å². The molecule has 164 valence electrons. The number of hydrogen-bond acceptors (Lipinski definition) is 3. The Morgan fingerprint density at radius 1 is 0.906 bits per heavy atom. The first-order valence-electron chi connectivity index (χ1n) is 9.91. The highest BCUT2D eigenvalue weighted by molar-refractivity contribution is 7.89. The molecule has 1 aromatic heterocycles. The van der Waals surface area contributed by atoms with E-state index in [1.54, 1.807) is 22.8 Å². The van der Waals surface area contributed by atoms with E-state index in [2.05, 4.69) is 0 Å². The summed E-state index contributed by atoms with van der Waals surface area (Å²) >= 11 is 0. The van der Waals surface area contributed by atoms with Gasteiger partial charge in [0, 0.05) is 5.92 Å². The zero-order chi connectivity index (χ0) is 22.7. The van der Waals surface area contributed by atoms with Crippen molar-refractivity contribution < 1.29 is 21.6 Å². The Balaban J connectivity index is 1.61. The largest absolute Gasteiger partial charge is 0.416 e. The van der Waals surface area contributed by atoms with Crippen molar-refractivity contribution in [2.45, 2.75) is 29.3 Å². The number of hydrogen-bond donors (Lipinski definition) is 1. The molecule has 1 aliphatic carbocycles. The van der Waals surface area contributed by atoms with Gasteiger partial charge in [-0.1, -0.05) is 36.4 Å². The van der Waals surface area contributed by atoms with Gasteiger partial charge in [-0.25, -0.2) is 18.5 Å². The molecule has 0 radical (unpaired) electrons. The summed E-state index contributed by atoms with van der Waals surface area (Å²) in [6, 6.07) is 19.0. The van der Waals surface area contributed by atoms with Gasteiger partial charge < -0.3 is 0 Å². The van der Waals surface area contributed by atoms with Gasteiger partial charge >= 0.3 is 6.18 Å². The standard InChI is InChI=1S/C23H18F3N3O2S/c24-23(25,26)15-11-9-14(10-12-15)16-13-17(16)22-28-18-5-1-2-6-19(18)29(22)20-7-3-4-8-21(20)32(27,30)31/h1-12,16-17H,13H2,(H2,27,30,31)/t16-,17-/m0/s1. The third kappa shape index (κ3) is 3.57. The Labute approximate surface area is 182 Å². The van der Waals surface area contributed by atoms with Crippen LogP contribution in [0.4, 0.5) is 13.2 Å². The van der Waals surface area contributed by atoms with Gasteiger partial charge in [0.05, 0.1) is 22.3 Å². The summed E-state index contributed by atoms with van der Waals surface area (Å²) < 4.78 is 65.0. The number of imidazole rings is 1. The van der Waals surface area contributed by atoms with Gasteiger partial charge in [-0.2, -0.15) is 13.2 Å².